The third-order valence-electron chi connectivity index (χ3n) is 3.22. The summed E-state index contributed by atoms with van der Waals surface area (Å²) >= 11 is 1.66. The van der Waals surface area contributed by atoms with Gasteiger partial charge in [0.05, 0.1) is 31.6 Å². The van der Waals surface area contributed by atoms with Gasteiger partial charge in [-0.15, -0.1) is 11.3 Å². The number of methoxy groups -OCH3 is 1. The molecule has 2 N–H and O–H groups in total. The van der Waals surface area contributed by atoms with E-state index >= 15 is 0 Å². The summed E-state index contributed by atoms with van der Waals surface area (Å²) in [6.45, 7) is 5.52. The Morgan fingerprint density at radius 2 is 2.04 bits per heavy atom. The molecule has 124 valence electrons. The molecule has 0 aliphatic heterocycles. The van der Waals surface area contributed by atoms with Crippen molar-refractivity contribution in [3.8, 4) is 5.88 Å². The van der Waals surface area contributed by atoms with Gasteiger partial charge in [0.15, 0.2) is 5.96 Å². The van der Waals surface area contributed by atoms with Crippen molar-refractivity contribution in [2.75, 3.05) is 14.2 Å². The molecule has 2 aromatic rings. The van der Waals surface area contributed by atoms with E-state index in [-0.39, 0.29) is 0 Å². The highest BCUT2D eigenvalue weighted by atomic mass is 32.1. The van der Waals surface area contributed by atoms with Crippen molar-refractivity contribution in [3.05, 3.63) is 40.0 Å². The highest BCUT2D eigenvalue weighted by molar-refractivity contribution is 7.09. The minimum absolute atomic E-state index is 0.455. The second kappa shape index (κ2) is 8.47. The molecule has 0 aliphatic carbocycles. The van der Waals surface area contributed by atoms with Crippen LogP contribution >= 0.6 is 11.3 Å². The van der Waals surface area contributed by atoms with Gasteiger partial charge in [-0.25, -0.2) is 9.97 Å². The molecular formula is C16H23N5OS. The zero-order chi connectivity index (χ0) is 16.7. The number of hydrogen-bond donors (Lipinski definition) is 2. The zero-order valence-electron chi connectivity index (χ0n) is 14.0. The van der Waals surface area contributed by atoms with Crippen LogP contribution in [0.4, 0.5) is 0 Å². The Balaban J connectivity index is 1.85. The first-order chi connectivity index (χ1) is 11.1. The average molecular weight is 333 g/mol. The summed E-state index contributed by atoms with van der Waals surface area (Å²) in [5, 5.41) is 9.66. The fourth-order valence-electron chi connectivity index (χ4n) is 1.90. The Bertz CT molecular complexity index is 653. The van der Waals surface area contributed by atoms with Gasteiger partial charge in [-0.1, -0.05) is 19.9 Å². The molecule has 0 aromatic carbocycles. The highest BCUT2D eigenvalue weighted by Crippen LogP contribution is 2.17. The van der Waals surface area contributed by atoms with Crippen LogP contribution in [-0.2, 0) is 13.1 Å². The molecule has 0 spiro atoms. The van der Waals surface area contributed by atoms with Crippen LogP contribution in [0.5, 0.6) is 5.88 Å². The van der Waals surface area contributed by atoms with E-state index in [9.17, 15) is 0 Å². The molecule has 0 aliphatic rings. The summed E-state index contributed by atoms with van der Waals surface area (Å²) in [4.78, 5) is 13.2. The first-order valence-electron chi connectivity index (χ1n) is 7.51. The molecule has 7 heteroatoms. The molecule has 0 saturated carbocycles. The lowest BCUT2D eigenvalue weighted by Gasteiger charge is -2.11. The van der Waals surface area contributed by atoms with Crippen molar-refractivity contribution >= 4 is 17.3 Å². The topological polar surface area (TPSA) is 71.4 Å². The molecular weight excluding hydrogens is 310 g/mol. The van der Waals surface area contributed by atoms with Gasteiger partial charge in [0.25, 0.3) is 0 Å². The fraction of sp³-hybridized carbons (Fsp3) is 0.438. The fourth-order valence-corrected chi connectivity index (χ4v) is 2.79. The van der Waals surface area contributed by atoms with Crippen LogP contribution < -0.4 is 15.4 Å². The third kappa shape index (κ3) is 5.21. The first-order valence-corrected chi connectivity index (χ1v) is 8.39. The Morgan fingerprint density at radius 3 is 2.70 bits per heavy atom. The number of guanidine groups is 1. The third-order valence-corrected chi connectivity index (χ3v) is 4.09. The summed E-state index contributed by atoms with van der Waals surface area (Å²) < 4.78 is 5.12. The summed E-state index contributed by atoms with van der Waals surface area (Å²) in [5.74, 6) is 1.78. The minimum atomic E-state index is 0.455. The van der Waals surface area contributed by atoms with Crippen molar-refractivity contribution in [3.63, 3.8) is 0 Å². The van der Waals surface area contributed by atoms with Crippen molar-refractivity contribution < 1.29 is 4.74 Å². The largest absolute Gasteiger partial charge is 0.481 e. The molecule has 6 nitrogen and oxygen atoms in total. The van der Waals surface area contributed by atoms with Crippen LogP contribution in [0.1, 0.15) is 36.2 Å². The molecule has 2 aromatic heterocycles. The van der Waals surface area contributed by atoms with Gasteiger partial charge >= 0.3 is 0 Å². The average Bonchev–Trinajstić information content (AvgIpc) is 3.04. The maximum Gasteiger partial charge on any atom is 0.213 e. The molecule has 0 unspecified atom stereocenters. The van der Waals surface area contributed by atoms with Crippen molar-refractivity contribution in [1.82, 2.24) is 20.6 Å². The molecule has 2 heterocycles. The van der Waals surface area contributed by atoms with Crippen LogP contribution in [0.3, 0.4) is 0 Å². The number of hydrogen-bond acceptors (Lipinski definition) is 5. The second-order valence-electron chi connectivity index (χ2n) is 5.27. The van der Waals surface area contributed by atoms with E-state index in [0.717, 1.165) is 22.4 Å². The number of pyridine rings is 1. The van der Waals surface area contributed by atoms with Gasteiger partial charge in [0, 0.05) is 18.5 Å². The van der Waals surface area contributed by atoms with Crippen molar-refractivity contribution in [2.45, 2.75) is 32.9 Å². The Hall–Kier alpha value is -2.15. The number of rotatable bonds is 6. The van der Waals surface area contributed by atoms with E-state index in [4.69, 9.17) is 4.74 Å². The maximum absolute atomic E-state index is 5.12. The number of thiazole rings is 1. The molecule has 0 saturated heterocycles. The quantitative estimate of drug-likeness (QED) is 0.628. The molecule has 0 atom stereocenters. The van der Waals surface area contributed by atoms with E-state index in [1.807, 2.05) is 18.2 Å². The maximum atomic E-state index is 5.12. The Morgan fingerprint density at radius 1 is 1.26 bits per heavy atom. The predicted molar refractivity (Wildman–Crippen MR) is 94.0 cm³/mol. The normalized spacial score (nSPS) is 11.6. The lowest BCUT2D eigenvalue weighted by Crippen LogP contribution is -2.36. The smallest absolute Gasteiger partial charge is 0.213 e. The molecule has 2 rings (SSSR count). The molecule has 0 amide bonds. The van der Waals surface area contributed by atoms with Crippen molar-refractivity contribution in [2.24, 2.45) is 4.99 Å². The summed E-state index contributed by atoms with van der Waals surface area (Å²) in [6.07, 6.45) is 0. The van der Waals surface area contributed by atoms with Crippen LogP contribution in [0, 0.1) is 0 Å². The van der Waals surface area contributed by atoms with Crippen molar-refractivity contribution in [1.29, 1.82) is 0 Å². The summed E-state index contributed by atoms with van der Waals surface area (Å²) in [5.41, 5.74) is 2.03. The lowest BCUT2D eigenvalue weighted by atomic mass is 10.2. The van der Waals surface area contributed by atoms with Gasteiger partial charge in [0.2, 0.25) is 5.88 Å². The number of aromatic nitrogens is 2. The van der Waals surface area contributed by atoms with E-state index < -0.39 is 0 Å². The van der Waals surface area contributed by atoms with E-state index in [0.29, 0.717) is 24.9 Å². The monoisotopic (exact) mass is 333 g/mol. The van der Waals surface area contributed by atoms with Crippen LogP contribution in [0.2, 0.25) is 0 Å². The molecule has 0 bridgehead atoms. The number of nitrogens with zero attached hydrogens (tertiary/aromatic N) is 3. The molecule has 23 heavy (non-hydrogen) atoms. The first kappa shape index (κ1) is 17.2. The number of ether oxygens (including phenoxy) is 1. The second-order valence-corrected chi connectivity index (χ2v) is 6.21. The summed E-state index contributed by atoms with van der Waals surface area (Å²) in [6, 6.07) is 5.69. The SMILES string of the molecule is CN=C(NCc1cccc(OC)n1)NCc1nc(C(C)C)cs1. The van der Waals surface area contributed by atoms with Crippen LogP contribution in [-0.4, -0.2) is 30.1 Å². The van der Waals surface area contributed by atoms with Gasteiger partial charge in [-0.3, -0.25) is 4.99 Å². The number of nitrogens with one attached hydrogen (secondary N) is 2. The predicted octanol–water partition coefficient (Wildman–Crippen LogP) is 2.54. The Labute approximate surface area is 141 Å². The van der Waals surface area contributed by atoms with Crippen LogP contribution in [0.25, 0.3) is 0 Å². The lowest BCUT2D eigenvalue weighted by molar-refractivity contribution is 0.396. The van der Waals surface area contributed by atoms with E-state index in [1.165, 1.54) is 0 Å². The molecule has 0 radical (unpaired) electrons. The Kier molecular flexibility index (Phi) is 6.34. The van der Waals surface area contributed by atoms with Gasteiger partial charge < -0.3 is 15.4 Å². The van der Waals surface area contributed by atoms with Gasteiger partial charge in [0.1, 0.15) is 5.01 Å². The minimum Gasteiger partial charge on any atom is -0.481 e. The van der Waals surface area contributed by atoms with Gasteiger partial charge in [-0.05, 0) is 12.0 Å². The zero-order valence-corrected chi connectivity index (χ0v) is 14.8. The standard InChI is InChI=1S/C16H23N5OS/c1-11(2)13-10-23-15(21-13)9-19-16(17-3)18-8-12-6-5-7-14(20-12)22-4/h5-7,10-11H,8-9H2,1-4H3,(H2,17,18,19). The summed E-state index contributed by atoms with van der Waals surface area (Å²) in [7, 11) is 3.36. The number of aliphatic imine (C=N–C) groups is 1. The van der Waals surface area contributed by atoms with Crippen LogP contribution in [0.15, 0.2) is 28.6 Å². The highest BCUT2D eigenvalue weighted by Gasteiger charge is 2.06. The van der Waals surface area contributed by atoms with E-state index in [2.05, 4.69) is 44.8 Å². The van der Waals surface area contributed by atoms with E-state index in [1.54, 1.807) is 25.5 Å². The van der Waals surface area contributed by atoms with Gasteiger partial charge in [-0.2, -0.15) is 0 Å². The molecule has 0 fully saturated rings.